The molecule has 104 valence electrons. The molecule has 1 aliphatic heterocycles. The zero-order valence-corrected chi connectivity index (χ0v) is 11.6. The standard InChI is InChI=1S/C17H19FN2/c1-13-12-19-7-8-20(13)17-10-15(9-16(18)11-17)14-5-3-2-4-6-14/h2-6,9-11,13,19H,7-8,12H2,1H3. The monoisotopic (exact) mass is 270 g/mol. The Hall–Kier alpha value is -1.87. The summed E-state index contributed by atoms with van der Waals surface area (Å²) in [5, 5.41) is 3.36. The second-order valence-corrected chi connectivity index (χ2v) is 5.31. The van der Waals surface area contributed by atoms with Gasteiger partial charge in [-0.3, -0.25) is 0 Å². The SMILES string of the molecule is CC1CNCCN1c1cc(F)cc(-c2ccccc2)c1. The number of benzene rings is 2. The number of piperazine rings is 1. The Morgan fingerprint density at radius 2 is 1.90 bits per heavy atom. The van der Waals surface area contributed by atoms with Gasteiger partial charge in [-0.15, -0.1) is 0 Å². The van der Waals surface area contributed by atoms with Gasteiger partial charge in [0, 0.05) is 31.4 Å². The molecule has 1 atom stereocenters. The lowest BCUT2D eigenvalue weighted by molar-refractivity contribution is 0.499. The van der Waals surface area contributed by atoms with Crippen molar-refractivity contribution in [1.29, 1.82) is 0 Å². The highest BCUT2D eigenvalue weighted by atomic mass is 19.1. The van der Waals surface area contributed by atoms with Crippen molar-refractivity contribution in [3.05, 3.63) is 54.3 Å². The highest BCUT2D eigenvalue weighted by Gasteiger charge is 2.19. The topological polar surface area (TPSA) is 15.3 Å². The summed E-state index contributed by atoms with van der Waals surface area (Å²) >= 11 is 0. The number of rotatable bonds is 2. The second kappa shape index (κ2) is 5.63. The Bertz CT molecular complexity index is 583. The Labute approximate surface area is 119 Å². The third kappa shape index (κ3) is 2.68. The van der Waals surface area contributed by atoms with Crippen LogP contribution in [0.4, 0.5) is 10.1 Å². The smallest absolute Gasteiger partial charge is 0.125 e. The number of nitrogens with one attached hydrogen (secondary N) is 1. The van der Waals surface area contributed by atoms with E-state index in [1.165, 1.54) is 0 Å². The second-order valence-electron chi connectivity index (χ2n) is 5.31. The Balaban J connectivity index is 1.98. The van der Waals surface area contributed by atoms with E-state index in [2.05, 4.69) is 23.2 Å². The summed E-state index contributed by atoms with van der Waals surface area (Å²) < 4.78 is 14.0. The fourth-order valence-electron chi connectivity index (χ4n) is 2.76. The number of nitrogens with zero attached hydrogens (tertiary/aromatic N) is 1. The first-order valence-corrected chi connectivity index (χ1v) is 7.07. The van der Waals surface area contributed by atoms with Crippen molar-refractivity contribution >= 4 is 5.69 Å². The van der Waals surface area contributed by atoms with Crippen molar-refractivity contribution in [2.75, 3.05) is 24.5 Å². The van der Waals surface area contributed by atoms with Crippen LogP contribution in [0.25, 0.3) is 11.1 Å². The molecule has 2 aromatic carbocycles. The van der Waals surface area contributed by atoms with Crippen molar-refractivity contribution in [3.8, 4) is 11.1 Å². The van der Waals surface area contributed by atoms with E-state index in [0.717, 1.165) is 36.4 Å². The van der Waals surface area contributed by atoms with Crippen LogP contribution in [0.5, 0.6) is 0 Å². The molecule has 0 aromatic heterocycles. The first-order valence-electron chi connectivity index (χ1n) is 7.07. The van der Waals surface area contributed by atoms with Gasteiger partial charge in [-0.1, -0.05) is 30.3 Å². The minimum absolute atomic E-state index is 0.174. The molecule has 3 heteroatoms. The van der Waals surface area contributed by atoms with E-state index in [0.29, 0.717) is 6.04 Å². The van der Waals surface area contributed by atoms with Crippen LogP contribution in [0.15, 0.2) is 48.5 Å². The van der Waals surface area contributed by atoms with Crippen molar-refractivity contribution in [2.45, 2.75) is 13.0 Å². The van der Waals surface area contributed by atoms with E-state index in [9.17, 15) is 4.39 Å². The molecule has 0 saturated carbocycles. The molecule has 1 heterocycles. The van der Waals surface area contributed by atoms with Crippen LogP contribution in [-0.4, -0.2) is 25.7 Å². The lowest BCUT2D eigenvalue weighted by Crippen LogP contribution is -2.49. The predicted octanol–water partition coefficient (Wildman–Crippen LogP) is 3.29. The van der Waals surface area contributed by atoms with Crippen LogP contribution in [0.3, 0.4) is 0 Å². The van der Waals surface area contributed by atoms with Crippen LogP contribution in [-0.2, 0) is 0 Å². The van der Waals surface area contributed by atoms with Crippen LogP contribution < -0.4 is 10.2 Å². The Morgan fingerprint density at radius 3 is 2.65 bits per heavy atom. The van der Waals surface area contributed by atoms with Crippen LogP contribution in [0.2, 0.25) is 0 Å². The fourth-order valence-corrected chi connectivity index (χ4v) is 2.76. The van der Waals surface area contributed by atoms with E-state index in [-0.39, 0.29) is 5.82 Å². The van der Waals surface area contributed by atoms with Gasteiger partial charge in [-0.2, -0.15) is 0 Å². The third-order valence-electron chi connectivity index (χ3n) is 3.82. The molecule has 0 amide bonds. The number of halogens is 1. The lowest BCUT2D eigenvalue weighted by Gasteiger charge is -2.36. The van der Waals surface area contributed by atoms with E-state index >= 15 is 0 Å². The Kier molecular flexibility index (Phi) is 3.70. The fraction of sp³-hybridized carbons (Fsp3) is 0.294. The molecule has 2 nitrogen and oxygen atoms in total. The van der Waals surface area contributed by atoms with Crippen LogP contribution in [0.1, 0.15) is 6.92 Å². The van der Waals surface area contributed by atoms with Gasteiger partial charge in [-0.25, -0.2) is 4.39 Å². The van der Waals surface area contributed by atoms with Gasteiger partial charge >= 0.3 is 0 Å². The third-order valence-corrected chi connectivity index (χ3v) is 3.82. The average molecular weight is 270 g/mol. The molecule has 1 fully saturated rings. The van der Waals surface area contributed by atoms with Gasteiger partial charge in [0.15, 0.2) is 0 Å². The first kappa shape index (κ1) is 13.1. The molecular formula is C17H19FN2. The van der Waals surface area contributed by atoms with Gasteiger partial charge < -0.3 is 10.2 Å². The molecule has 1 unspecified atom stereocenters. The van der Waals surface area contributed by atoms with Gasteiger partial charge in [0.2, 0.25) is 0 Å². The highest BCUT2D eigenvalue weighted by Crippen LogP contribution is 2.27. The van der Waals surface area contributed by atoms with Crippen LogP contribution >= 0.6 is 0 Å². The summed E-state index contributed by atoms with van der Waals surface area (Å²) in [7, 11) is 0. The highest BCUT2D eigenvalue weighted by molar-refractivity contribution is 5.69. The maximum absolute atomic E-state index is 14.0. The number of anilines is 1. The lowest BCUT2D eigenvalue weighted by atomic mass is 10.0. The maximum Gasteiger partial charge on any atom is 0.125 e. The molecule has 0 spiro atoms. The number of hydrogen-bond acceptors (Lipinski definition) is 2. The molecule has 0 bridgehead atoms. The zero-order valence-electron chi connectivity index (χ0n) is 11.6. The summed E-state index contributed by atoms with van der Waals surface area (Å²) in [5.74, 6) is -0.174. The van der Waals surface area contributed by atoms with Gasteiger partial charge in [0.1, 0.15) is 5.82 Å². The molecular weight excluding hydrogens is 251 g/mol. The molecule has 20 heavy (non-hydrogen) atoms. The maximum atomic E-state index is 14.0. The van der Waals surface area contributed by atoms with E-state index in [1.807, 2.05) is 30.3 Å². The number of hydrogen-bond donors (Lipinski definition) is 1. The summed E-state index contributed by atoms with van der Waals surface area (Å²) in [6, 6.07) is 15.7. The minimum atomic E-state index is -0.174. The molecule has 1 saturated heterocycles. The summed E-state index contributed by atoms with van der Waals surface area (Å²) in [6.07, 6.45) is 0. The predicted molar refractivity (Wildman–Crippen MR) is 81.5 cm³/mol. The summed E-state index contributed by atoms with van der Waals surface area (Å²) in [6.45, 7) is 4.97. The summed E-state index contributed by atoms with van der Waals surface area (Å²) in [5.41, 5.74) is 2.96. The van der Waals surface area contributed by atoms with E-state index in [4.69, 9.17) is 0 Å². The minimum Gasteiger partial charge on any atom is -0.366 e. The molecule has 2 aromatic rings. The normalized spacial score (nSPS) is 19.1. The zero-order chi connectivity index (χ0) is 13.9. The molecule has 1 N–H and O–H groups in total. The average Bonchev–Trinajstić information content (AvgIpc) is 2.48. The summed E-state index contributed by atoms with van der Waals surface area (Å²) in [4.78, 5) is 2.27. The van der Waals surface area contributed by atoms with E-state index in [1.54, 1.807) is 12.1 Å². The molecule has 0 radical (unpaired) electrons. The van der Waals surface area contributed by atoms with Gasteiger partial charge in [0.05, 0.1) is 0 Å². The van der Waals surface area contributed by atoms with Crippen molar-refractivity contribution in [2.24, 2.45) is 0 Å². The molecule has 1 aliphatic rings. The Morgan fingerprint density at radius 1 is 1.10 bits per heavy atom. The molecule has 3 rings (SSSR count). The van der Waals surface area contributed by atoms with Crippen molar-refractivity contribution in [1.82, 2.24) is 5.32 Å². The first-order chi connectivity index (χ1) is 9.74. The van der Waals surface area contributed by atoms with Gasteiger partial charge in [0.25, 0.3) is 0 Å². The molecule has 0 aliphatic carbocycles. The van der Waals surface area contributed by atoms with Crippen molar-refractivity contribution in [3.63, 3.8) is 0 Å². The van der Waals surface area contributed by atoms with Gasteiger partial charge in [-0.05, 0) is 36.2 Å². The van der Waals surface area contributed by atoms with Crippen molar-refractivity contribution < 1.29 is 4.39 Å². The quantitative estimate of drug-likeness (QED) is 0.901. The van der Waals surface area contributed by atoms with E-state index < -0.39 is 0 Å². The largest absolute Gasteiger partial charge is 0.366 e. The van der Waals surface area contributed by atoms with Crippen LogP contribution in [0, 0.1) is 5.82 Å².